The molecule has 11 heteroatoms. The summed E-state index contributed by atoms with van der Waals surface area (Å²) in [5.74, 6) is 0.0540. The lowest BCUT2D eigenvalue weighted by Crippen LogP contribution is -2.28. The number of hydrogen-bond donors (Lipinski definition) is 0. The molecule has 1 fully saturated rings. The Morgan fingerprint density at radius 3 is 2.82 bits per heavy atom. The molecule has 1 atom stereocenters. The third-order valence-electron chi connectivity index (χ3n) is 5.87. The first-order valence-electron chi connectivity index (χ1n) is 10.6. The van der Waals surface area contributed by atoms with Gasteiger partial charge in [-0.2, -0.15) is 5.10 Å². The van der Waals surface area contributed by atoms with E-state index in [1.807, 2.05) is 13.8 Å². The van der Waals surface area contributed by atoms with Crippen molar-refractivity contribution in [2.24, 2.45) is 0 Å². The molecule has 1 unspecified atom stereocenters. The summed E-state index contributed by atoms with van der Waals surface area (Å²) in [6.07, 6.45) is 3.91. The molecule has 1 saturated heterocycles. The van der Waals surface area contributed by atoms with Crippen LogP contribution in [-0.2, 0) is 21.2 Å². The molecule has 3 aromatic rings. The predicted molar refractivity (Wildman–Crippen MR) is 125 cm³/mol. The number of rotatable bonds is 7. The number of hydrogen-bond acceptors (Lipinski definition) is 6. The number of carbonyl (C=O) groups excluding carboxylic acids is 1. The van der Waals surface area contributed by atoms with E-state index in [1.54, 1.807) is 45.7 Å². The van der Waals surface area contributed by atoms with E-state index in [9.17, 15) is 17.6 Å². The van der Waals surface area contributed by atoms with Crippen molar-refractivity contribution < 1.29 is 17.6 Å². The van der Waals surface area contributed by atoms with E-state index < -0.39 is 9.84 Å². The van der Waals surface area contributed by atoms with Crippen LogP contribution in [0, 0.1) is 19.7 Å². The lowest BCUT2D eigenvalue weighted by Gasteiger charge is -2.18. The molecule has 0 radical (unpaired) electrons. The molecular formula is C22H26FN5O3S2. The predicted octanol–water partition coefficient (Wildman–Crippen LogP) is 2.94. The van der Waals surface area contributed by atoms with Gasteiger partial charge in [0.05, 0.1) is 34.7 Å². The highest BCUT2D eigenvalue weighted by molar-refractivity contribution is 7.99. The molecule has 3 heterocycles. The molecule has 0 bridgehead atoms. The first-order valence-corrected chi connectivity index (χ1v) is 13.4. The van der Waals surface area contributed by atoms with E-state index in [0.717, 1.165) is 17.0 Å². The number of carbonyl (C=O) groups is 1. The first-order chi connectivity index (χ1) is 15.6. The van der Waals surface area contributed by atoms with Gasteiger partial charge in [0.1, 0.15) is 5.82 Å². The summed E-state index contributed by atoms with van der Waals surface area (Å²) < 4.78 is 40.9. The van der Waals surface area contributed by atoms with Crippen LogP contribution in [0.1, 0.15) is 29.4 Å². The number of thioether (sulfide) groups is 1. The summed E-state index contributed by atoms with van der Waals surface area (Å²) in [5, 5.41) is 5.18. The fourth-order valence-corrected chi connectivity index (χ4v) is 6.64. The normalized spacial score (nSPS) is 17.4. The third-order valence-corrected chi connectivity index (χ3v) is 8.57. The zero-order valence-corrected chi connectivity index (χ0v) is 20.4. The highest BCUT2D eigenvalue weighted by Gasteiger charge is 2.31. The van der Waals surface area contributed by atoms with Crippen LogP contribution in [0.25, 0.3) is 5.69 Å². The molecule has 1 aliphatic rings. The number of nitrogens with zero attached hydrogens (tertiary/aromatic N) is 5. The Kier molecular flexibility index (Phi) is 6.62. The summed E-state index contributed by atoms with van der Waals surface area (Å²) in [6.45, 7) is 4.18. The maximum Gasteiger partial charge on any atom is 0.233 e. The van der Waals surface area contributed by atoms with Crippen LogP contribution >= 0.6 is 11.8 Å². The average molecular weight is 492 g/mol. The lowest BCUT2D eigenvalue weighted by molar-refractivity contribution is -0.127. The van der Waals surface area contributed by atoms with Crippen molar-refractivity contribution in [1.29, 1.82) is 0 Å². The fraction of sp³-hybridized carbons (Fsp3) is 0.409. The molecule has 176 valence electrons. The van der Waals surface area contributed by atoms with Crippen molar-refractivity contribution >= 4 is 27.5 Å². The molecule has 2 aromatic heterocycles. The fourth-order valence-electron chi connectivity index (χ4n) is 4.03. The Balaban J connectivity index is 1.41. The van der Waals surface area contributed by atoms with E-state index >= 15 is 0 Å². The summed E-state index contributed by atoms with van der Waals surface area (Å²) in [4.78, 5) is 18.7. The van der Waals surface area contributed by atoms with Gasteiger partial charge in [0.25, 0.3) is 0 Å². The summed E-state index contributed by atoms with van der Waals surface area (Å²) in [7, 11) is -1.28. The zero-order valence-electron chi connectivity index (χ0n) is 18.7. The van der Waals surface area contributed by atoms with Crippen molar-refractivity contribution in [2.45, 2.75) is 38.0 Å². The summed E-state index contributed by atoms with van der Waals surface area (Å²) >= 11 is 1.29. The van der Waals surface area contributed by atoms with Crippen LogP contribution in [-0.4, -0.2) is 62.9 Å². The lowest BCUT2D eigenvalue weighted by atomic mass is 10.1. The van der Waals surface area contributed by atoms with E-state index in [1.165, 1.54) is 23.9 Å². The molecule has 1 amide bonds. The van der Waals surface area contributed by atoms with Gasteiger partial charge < -0.3 is 4.90 Å². The average Bonchev–Trinajstić information content (AvgIpc) is 3.45. The SMILES string of the molecule is Cc1nn(C2CCS(=O)(=O)C2)c(C)c1CN(C)C(=O)CSc1nccn1-c1cccc(F)c1. The van der Waals surface area contributed by atoms with Gasteiger partial charge in [-0.3, -0.25) is 14.0 Å². The number of sulfone groups is 1. The van der Waals surface area contributed by atoms with E-state index in [-0.39, 0.29) is 35.0 Å². The molecule has 0 saturated carbocycles. The smallest absolute Gasteiger partial charge is 0.233 e. The highest BCUT2D eigenvalue weighted by Crippen LogP contribution is 2.27. The largest absolute Gasteiger partial charge is 0.341 e. The maximum absolute atomic E-state index is 13.6. The molecule has 4 rings (SSSR count). The highest BCUT2D eigenvalue weighted by atomic mass is 32.2. The van der Waals surface area contributed by atoms with Gasteiger partial charge in [0.15, 0.2) is 15.0 Å². The number of aromatic nitrogens is 4. The number of imidazole rings is 1. The second-order valence-corrected chi connectivity index (χ2v) is 11.4. The number of aryl methyl sites for hydroxylation is 1. The van der Waals surface area contributed by atoms with Crippen LogP contribution in [0.2, 0.25) is 0 Å². The van der Waals surface area contributed by atoms with Gasteiger partial charge in [0.2, 0.25) is 5.91 Å². The minimum atomic E-state index is -3.01. The molecule has 0 N–H and O–H groups in total. The topological polar surface area (TPSA) is 90.1 Å². The van der Waals surface area contributed by atoms with Crippen LogP contribution < -0.4 is 0 Å². The monoisotopic (exact) mass is 491 g/mol. The molecule has 1 aliphatic heterocycles. The maximum atomic E-state index is 13.6. The molecule has 1 aromatic carbocycles. The number of halogens is 1. The van der Waals surface area contributed by atoms with Gasteiger partial charge >= 0.3 is 0 Å². The van der Waals surface area contributed by atoms with Gasteiger partial charge in [-0.05, 0) is 38.5 Å². The van der Waals surface area contributed by atoms with Gasteiger partial charge in [0, 0.05) is 37.2 Å². The van der Waals surface area contributed by atoms with Gasteiger partial charge in [-0.25, -0.2) is 17.8 Å². The first kappa shape index (κ1) is 23.5. The minimum Gasteiger partial charge on any atom is -0.341 e. The summed E-state index contributed by atoms with van der Waals surface area (Å²) in [6, 6.07) is 6.05. The standard InChI is InChI=1S/C22H26FN5O3S2/c1-15-20(16(2)28(25-15)19-7-10-33(30,31)14-19)12-26(3)21(29)13-32-22-24-8-9-27(22)18-6-4-5-17(23)11-18/h4-6,8-9,11,19H,7,10,12-14H2,1-3H3. The van der Waals surface area contributed by atoms with Crippen LogP contribution in [0.15, 0.2) is 41.8 Å². The van der Waals surface area contributed by atoms with E-state index in [4.69, 9.17) is 0 Å². The van der Waals surface area contributed by atoms with Crippen molar-refractivity contribution in [3.63, 3.8) is 0 Å². The van der Waals surface area contributed by atoms with Crippen LogP contribution in [0.4, 0.5) is 4.39 Å². The van der Waals surface area contributed by atoms with E-state index in [2.05, 4.69) is 10.1 Å². The quantitative estimate of drug-likeness (QED) is 0.472. The Bertz CT molecular complexity index is 1280. The third kappa shape index (κ3) is 5.14. The molecule has 8 nitrogen and oxygen atoms in total. The second-order valence-electron chi connectivity index (χ2n) is 8.25. The van der Waals surface area contributed by atoms with E-state index in [0.29, 0.717) is 23.8 Å². The Morgan fingerprint density at radius 1 is 1.33 bits per heavy atom. The van der Waals surface area contributed by atoms with Crippen molar-refractivity contribution in [2.75, 3.05) is 24.3 Å². The minimum absolute atomic E-state index is 0.0798. The molecule has 0 spiro atoms. The zero-order chi connectivity index (χ0) is 23.8. The van der Waals surface area contributed by atoms with Crippen LogP contribution in [0.5, 0.6) is 0 Å². The molecular weight excluding hydrogens is 465 g/mol. The molecule has 0 aliphatic carbocycles. The Morgan fingerprint density at radius 2 is 2.12 bits per heavy atom. The van der Waals surface area contributed by atoms with Crippen molar-refractivity contribution in [3.05, 3.63) is 59.4 Å². The molecule has 33 heavy (non-hydrogen) atoms. The Hall–Kier alpha value is -2.66. The van der Waals surface area contributed by atoms with Crippen LogP contribution in [0.3, 0.4) is 0 Å². The number of benzene rings is 1. The second kappa shape index (κ2) is 9.30. The Labute approximate surface area is 196 Å². The van der Waals surface area contributed by atoms with Crippen molar-refractivity contribution in [3.8, 4) is 5.69 Å². The van der Waals surface area contributed by atoms with Gasteiger partial charge in [-0.1, -0.05) is 17.8 Å². The summed E-state index contributed by atoms with van der Waals surface area (Å²) in [5.41, 5.74) is 3.26. The number of amides is 1. The van der Waals surface area contributed by atoms with Gasteiger partial charge in [-0.15, -0.1) is 0 Å². The van der Waals surface area contributed by atoms with Crippen molar-refractivity contribution in [1.82, 2.24) is 24.2 Å².